The molecule has 2 aliphatic rings. The molecule has 8 aromatic carbocycles. The lowest BCUT2D eigenvalue weighted by Gasteiger charge is -2.40. The number of rotatable bonds is 5. The van der Waals surface area contributed by atoms with E-state index in [-0.39, 0.29) is 0 Å². The van der Waals surface area contributed by atoms with Crippen molar-refractivity contribution in [3.05, 3.63) is 222 Å². The topological polar surface area (TPSA) is 71.7 Å². The van der Waals surface area contributed by atoms with E-state index in [1.165, 1.54) is 22.3 Å². The summed E-state index contributed by atoms with van der Waals surface area (Å²) < 4.78 is 6.86. The number of fused-ring (bicyclic) bond motifs is 9. The van der Waals surface area contributed by atoms with Gasteiger partial charge in [0.1, 0.15) is 11.5 Å². The average Bonchev–Trinajstić information content (AvgIpc) is 3.60. The summed E-state index contributed by atoms with van der Waals surface area (Å²) in [5.41, 5.74) is 13.5. The molecule has 0 radical (unpaired) electrons. The minimum absolute atomic E-state index is 0.569. The minimum Gasteiger partial charge on any atom is -0.457 e. The van der Waals surface area contributed by atoms with Crippen LogP contribution in [0.1, 0.15) is 27.8 Å². The van der Waals surface area contributed by atoms with Gasteiger partial charge < -0.3 is 4.74 Å². The fourth-order valence-electron chi connectivity index (χ4n) is 8.81. The van der Waals surface area contributed by atoms with E-state index in [0.717, 1.165) is 61.6 Å². The van der Waals surface area contributed by atoms with Gasteiger partial charge in [-0.1, -0.05) is 146 Å². The summed E-state index contributed by atoms with van der Waals surface area (Å²) in [6.45, 7) is 0. The summed E-state index contributed by atoms with van der Waals surface area (Å²) in [7, 11) is 0. The summed E-state index contributed by atoms with van der Waals surface area (Å²) in [5, 5.41) is 9.76. The molecular weight excluding hydrogens is 709 g/mol. The summed E-state index contributed by atoms with van der Waals surface area (Å²) in [4.78, 5) is 15.4. The minimum atomic E-state index is -0.725. The fourth-order valence-corrected chi connectivity index (χ4v) is 8.81. The zero-order valence-electron chi connectivity index (χ0n) is 31.2. The van der Waals surface area contributed by atoms with E-state index in [1.807, 2.05) is 54.6 Å². The van der Waals surface area contributed by atoms with Crippen molar-refractivity contribution in [1.82, 2.24) is 15.0 Å². The first-order valence-electron chi connectivity index (χ1n) is 19.3. The Morgan fingerprint density at radius 1 is 0.362 bits per heavy atom. The number of ether oxygens (including phenoxy) is 1. The molecule has 0 amide bonds. The van der Waals surface area contributed by atoms with Crippen molar-refractivity contribution in [3.63, 3.8) is 0 Å². The number of hydrogen-bond acceptors (Lipinski definition) is 5. The molecule has 1 aliphatic carbocycles. The Morgan fingerprint density at radius 3 is 1.45 bits per heavy atom. The fraction of sp³-hybridized carbons (Fsp3) is 0.0189. The standard InChI is InChI=1S/C53H32N4O/c54-33-34-13-11-18-37(29-34)39-25-27-48-46(31-39)53(44-23-9-7-21-42(44)43-22-8-10-24-45(43)53)47-32-41(26-28-49(47)58-48)52-56-50(36-16-5-2-6-17-36)55-51(57-52)40-20-12-19-38(30-40)35-14-3-1-4-15-35/h1-32H. The molecule has 11 rings (SSSR count). The Balaban J connectivity index is 1.15. The van der Waals surface area contributed by atoms with Crippen LogP contribution in [0.5, 0.6) is 11.5 Å². The summed E-state index contributed by atoms with van der Waals surface area (Å²) >= 11 is 0. The van der Waals surface area contributed by atoms with Crippen LogP contribution in [-0.4, -0.2) is 15.0 Å². The van der Waals surface area contributed by atoms with E-state index in [9.17, 15) is 5.26 Å². The van der Waals surface area contributed by atoms with Gasteiger partial charge in [-0.15, -0.1) is 0 Å². The molecule has 5 heteroatoms. The first-order chi connectivity index (χ1) is 28.7. The smallest absolute Gasteiger partial charge is 0.164 e. The predicted octanol–water partition coefficient (Wildman–Crippen LogP) is 12.5. The van der Waals surface area contributed by atoms with Crippen LogP contribution in [0.25, 0.3) is 67.5 Å². The molecular formula is C53H32N4O. The maximum Gasteiger partial charge on any atom is 0.164 e. The highest BCUT2D eigenvalue weighted by atomic mass is 16.5. The number of nitriles is 1. The van der Waals surface area contributed by atoms with E-state index < -0.39 is 5.41 Å². The van der Waals surface area contributed by atoms with E-state index >= 15 is 0 Å². The van der Waals surface area contributed by atoms with Gasteiger partial charge in [-0.25, -0.2) is 15.0 Å². The van der Waals surface area contributed by atoms with Crippen LogP contribution in [0, 0.1) is 11.3 Å². The van der Waals surface area contributed by atoms with Crippen molar-refractivity contribution in [2.45, 2.75) is 5.41 Å². The maximum atomic E-state index is 9.76. The molecule has 0 atom stereocenters. The van der Waals surface area contributed by atoms with Gasteiger partial charge in [-0.3, -0.25) is 0 Å². The van der Waals surface area contributed by atoms with Gasteiger partial charge in [-0.2, -0.15) is 5.26 Å². The van der Waals surface area contributed by atoms with Crippen LogP contribution in [0.4, 0.5) is 0 Å². The third kappa shape index (κ3) is 5.27. The van der Waals surface area contributed by atoms with E-state index in [4.69, 9.17) is 19.7 Å². The largest absolute Gasteiger partial charge is 0.457 e. The van der Waals surface area contributed by atoms with Crippen molar-refractivity contribution in [3.8, 4) is 85.1 Å². The Kier molecular flexibility index (Phi) is 7.70. The molecule has 0 saturated heterocycles. The van der Waals surface area contributed by atoms with Crippen molar-refractivity contribution < 1.29 is 4.74 Å². The molecule has 270 valence electrons. The number of aromatic nitrogens is 3. The van der Waals surface area contributed by atoms with Crippen LogP contribution >= 0.6 is 0 Å². The Labute approximate surface area is 336 Å². The second-order valence-corrected chi connectivity index (χ2v) is 14.7. The lowest BCUT2D eigenvalue weighted by atomic mass is 9.65. The first-order valence-corrected chi connectivity index (χ1v) is 19.3. The molecule has 0 saturated carbocycles. The predicted molar refractivity (Wildman–Crippen MR) is 229 cm³/mol. The summed E-state index contributed by atoms with van der Waals surface area (Å²) in [6.07, 6.45) is 0. The van der Waals surface area contributed by atoms with Gasteiger partial charge in [0.15, 0.2) is 17.5 Å². The Hall–Kier alpha value is -7.94. The lowest BCUT2D eigenvalue weighted by molar-refractivity contribution is 0.436. The number of hydrogen-bond donors (Lipinski definition) is 0. The molecule has 0 fully saturated rings. The Morgan fingerprint density at radius 2 is 0.810 bits per heavy atom. The third-order valence-corrected chi connectivity index (χ3v) is 11.4. The van der Waals surface area contributed by atoms with E-state index in [0.29, 0.717) is 23.0 Å². The molecule has 9 aromatic rings. The molecule has 5 nitrogen and oxygen atoms in total. The molecule has 1 aromatic heterocycles. The van der Waals surface area contributed by atoms with Crippen molar-refractivity contribution >= 4 is 0 Å². The van der Waals surface area contributed by atoms with Crippen LogP contribution in [0.3, 0.4) is 0 Å². The van der Waals surface area contributed by atoms with Crippen molar-refractivity contribution in [2.75, 3.05) is 0 Å². The molecule has 2 heterocycles. The SMILES string of the molecule is N#Cc1cccc(-c2ccc3c(c2)C2(c4cc(-c5nc(-c6ccccc6)nc(-c6cccc(-c7ccccc7)c6)n5)ccc4O3)c3ccccc3-c3ccccc32)c1. The highest BCUT2D eigenvalue weighted by molar-refractivity contribution is 5.90. The molecule has 1 aliphatic heterocycles. The Bertz CT molecular complexity index is 3070. The highest BCUT2D eigenvalue weighted by Gasteiger charge is 2.51. The average molecular weight is 741 g/mol. The van der Waals surface area contributed by atoms with Crippen LogP contribution < -0.4 is 4.74 Å². The van der Waals surface area contributed by atoms with Crippen LogP contribution in [0.2, 0.25) is 0 Å². The summed E-state index contributed by atoms with van der Waals surface area (Å²) in [6, 6.07) is 69.0. The second kappa shape index (κ2) is 13.4. The van der Waals surface area contributed by atoms with Crippen LogP contribution in [0.15, 0.2) is 194 Å². The van der Waals surface area contributed by atoms with Crippen molar-refractivity contribution in [1.29, 1.82) is 5.26 Å². The number of benzene rings is 8. The molecule has 0 N–H and O–H groups in total. The third-order valence-electron chi connectivity index (χ3n) is 11.4. The van der Waals surface area contributed by atoms with Gasteiger partial charge in [0.2, 0.25) is 0 Å². The van der Waals surface area contributed by atoms with Gasteiger partial charge in [0, 0.05) is 27.8 Å². The molecule has 0 bridgehead atoms. The van der Waals surface area contributed by atoms with Gasteiger partial charge in [0.05, 0.1) is 17.0 Å². The number of nitrogens with zero attached hydrogens (tertiary/aromatic N) is 4. The normalized spacial score (nSPS) is 12.7. The quantitative estimate of drug-likeness (QED) is 0.176. The van der Waals surface area contributed by atoms with Gasteiger partial charge >= 0.3 is 0 Å². The zero-order valence-corrected chi connectivity index (χ0v) is 31.2. The van der Waals surface area contributed by atoms with Gasteiger partial charge in [0.25, 0.3) is 0 Å². The van der Waals surface area contributed by atoms with E-state index in [2.05, 4.69) is 146 Å². The maximum absolute atomic E-state index is 9.76. The monoisotopic (exact) mass is 740 g/mol. The second-order valence-electron chi connectivity index (χ2n) is 14.7. The molecule has 0 unspecified atom stereocenters. The first kappa shape index (κ1) is 33.4. The zero-order chi connectivity index (χ0) is 38.6. The van der Waals surface area contributed by atoms with E-state index in [1.54, 1.807) is 0 Å². The molecule has 58 heavy (non-hydrogen) atoms. The van der Waals surface area contributed by atoms with Crippen LogP contribution in [-0.2, 0) is 5.41 Å². The summed E-state index contributed by atoms with van der Waals surface area (Å²) in [5.74, 6) is 3.32. The van der Waals surface area contributed by atoms with Gasteiger partial charge in [-0.05, 0) is 93.0 Å². The molecule has 1 spiro atoms. The highest BCUT2D eigenvalue weighted by Crippen LogP contribution is 2.62. The lowest BCUT2D eigenvalue weighted by Crippen LogP contribution is -2.32. The van der Waals surface area contributed by atoms with Crippen molar-refractivity contribution in [2.24, 2.45) is 0 Å².